The van der Waals surface area contributed by atoms with Gasteiger partial charge in [-0.1, -0.05) is 30.3 Å². The van der Waals surface area contributed by atoms with Crippen molar-refractivity contribution in [2.45, 2.75) is 6.42 Å². The summed E-state index contributed by atoms with van der Waals surface area (Å²) in [4.78, 5) is 38.1. The van der Waals surface area contributed by atoms with E-state index in [1.165, 1.54) is 0 Å². The maximum atomic E-state index is 12.3. The van der Waals surface area contributed by atoms with Gasteiger partial charge in [0.05, 0.1) is 18.2 Å². The Kier molecular flexibility index (Phi) is 5.68. The standard InChI is InChI=1S/C19H18BrN3O3/c20-15-8-4-5-9-16(15)22-17(24)11-21-19(26)13-10-18(25)23(12-13)14-6-2-1-3-7-14/h1-9,13H,10-12H2,(H,21,26)(H,22,24). The summed E-state index contributed by atoms with van der Waals surface area (Å²) in [5.41, 5.74) is 1.41. The van der Waals surface area contributed by atoms with Crippen molar-refractivity contribution in [3.8, 4) is 0 Å². The molecule has 6 nitrogen and oxygen atoms in total. The van der Waals surface area contributed by atoms with Crippen LogP contribution in [-0.4, -0.2) is 30.8 Å². The second-order valence-corrected chi connectivity index (χ2v) is 6.84. The molecule has 0 spiro atoms. The van der Waals surface area contributed by atoms with Gasteiger partial charge in [-0.15, -0.1) is 0 Å². The maximum Gasteiger partial charge on any atom is 0.243 e. The van der Waals surface area contributed by atoms with E-state index in [2.05, 4.69) is 26.6 Å². The Morgan fingerprint density at radius 1 is 1.08 bits per heavy atom. The molecule has 7 heteroatoms. The minimum absolute atomic E-state index is 0.0889. The largest absolute Gasteiger partial charge is 0.347 e. The topological polar surface area (TPSA) is 78.5 Å². The zero-order chi connectivity index (χ0) is 18.5. The number of rotatable bonds is 5. The first kappa shape index (κ1) is 18.1. The van der Waals surface area contributed by atoms with Crippen LogP contribution in [-0.2, 0) is 14.4 Å². The molecule has 1 aliphatic rings. The van der Waals surface area contributed by atoms with Crippen LogP contribution < -0.4 is 15.5 Å². The smallest absolute Gasteiger partial charge is 0.243 e. The number of nitrogens with one attached hydrogen (secondary N) is 2. The van der Waals surface area contributed by atoms with E-state index in [1.807, 2.05) is 42.5 Å². The molecule has 3 rings (SSSR count). The molecule has 0 aromatic heterocycles. The van der Waals surface area contributed by atoms with Gasteiger partial charge >= 0.3 is 0 Å². The third-order valence-electron chi connectivity index (χ3n) is 4.13. The van der Waals surface area contributed by atoms with Gasteiger partial charge in [0.15, 0.2) is 0 Å². The van der Waals surface area contributed by atoms with Gasteiger partial charge < -0.3 is 15.5 Å². The zero-order valence-corrected chi connectivity index (χ0v) is 15.5. The Hall–Kier alpha value is -2.67. The quantitative estimate of drug-likeness (QED) is 0.787. The predicted molar refractivity (Wildman–Crippen MR) is 103 cm³/mol. The van der Waals surface area contributed by atoms with Gasteiger partial charge in [-0.05, 0) is 40.2 Å². The number of hydrogen-bond acceptors (Lipinski definition) is 3. The van der Waals surface area contributed by atoms with Crippen LogP contribution >= 0.6 is 15.9 Å². The monoisotopic (exact) mass is 415 g/mol. The summed E-state index contributed by atoms with van der Waals surface area (Å²) in [6.45, 7) is 0.177. The second-order valence-electron chi connectivity index (χ2n) is 5.99. The highest BCUT2D eigenvalue weighted by Crippen LogP contribution is 2.25. The van der Waals surface area contributed by atoms with Crippen LogP contribution in [0.5, 0.6) is 0 Å². The highest BCUT2D eigenvalue weighted by Gasteiger charge is 2.35. The third-order valence-corrected chi connectivity index (χ3v) is 4.83. The van der Waals surface area contributed by atoms with Crippen molar-refractivity contribution in [1.29, 1.82) is 0 Å². The van der Waals surface area contributed by atoms with E-state index in [4.69, 9.17) is 0 Å². The van der Waals surface area contributed by atoms with Gasteiger partial charge in [0.25, 0.3) is 0 Å². The van der Waals surface area contributed by atoms with Crippen molar-refractivity contribution >= 4 is 45.0 Å². The Labute approximate surface area is 159 Å². The van der Waals surface area contributed by atoms with E-state index in [1.54, 1.807) is 17.0 Å². The van der Waals surface area contributed by atoms with Gasteiger partial charge in [-0.25, -0.2) is 0 Å². The molecular formula is C19H18BrN3O3. The second kappa shape index (κ2) is 8.14. The average Bonchev–Trinajstić information content (AvgIpc) is 3.04. The van der Waals surface area contributed by atoms with Crippen LogP contribution in [0.2, 0.25) is 0 Å². The minimum Gasteiger partial charge on any atom is -0.347 e. The fraction of sp³-hybridized carbons (Fsp3) is 0.211. The van der Waals surface area contributed by atoms with Crippen molar-refractivity contribution in [2.24, 2.45) is 5.92 Å². The molecule has 1 saturated heterocycles. The molecule has 0 aliphatic carbocycles. The molecule has 26 heavy (non-hydrogen) atoms. The van der Waals surface area contributed by atoms with E-state index < -0.39 is 5.92 Å². The Morgan fingerprint density at radius 3 is 2.50 bits per heavy atom. The molecule has 1 fully saturated rings. The Morgan fingerprint density at radius 2 is 1.77 bits per heavy atom. The summed E-state index contributed by atoms with van der Waals surface area (Å²) >= 11 is 3.35. The fourth-order valence-corrected chi connectivity index (χ4v) is 3.19. The molecule has 0 radical (unpaired) electrons. The van der Waals surface area contributed by atoms with Crippen molar-refractivity contribution < 1.29 is 14.4 Å². The molecule has 2 aromatic carbocycles. The average molecular weight is 416 g/mol. The fourth-order valence-electron chi connectivity index (χ4n) is 2.81. The lowest BCUT2D eigenvalue weighted by Crippen LogP contribution is -2.38. The van der Waals surface area contributed by atoms with Gasteiger partial charge in [-0.2, -0.15) is 0 Å². The van der Waals surface area contributed by atoms with E-state index in [9.17, 15) is 14.4 Å². The lowest BCUT2D eigenvalue weighted by atomic mass is 10.1. The molecule has 2 N–H and O–H groups in total. The molecule has 3 amide bonds. The number of para-hydroxylation sites is 2. The van der Waals surface area contributed by atoms with Gasteiger partial charge in [0.2, 0.25) is 17.7 Å². The summed E-state index contributed by atoms with van der Waals surface area (Å²) in [6.07, 6.45) is 0.145. The van der Waals surface area contributed by atoms with Crippen LogP contribution in [0.25, 0.3) is 0 Å². The molecule has 0 saturated carbocycles. The number of carbonyl (C=O) groups is 3. The summed E-state index contributed by atoms with van der Waals surface area (Å²) in [6, 6.07) is 16.5. The van der Waals surface area contributed by atoms with E-state index in [0.29, 0.717) is 12.2 Å². The number of nitrogens with zero attached hydrogens (tertiary/aromatic N) is 1. The summed E-state index contributed by atoms with van der Waals surface area (Å²) in [7, 11) is 0. The molecule has 1 heterocycles. The van der Waals surface area contributed by atoms with Crippen LogP contribution in [0.1, 0.15) is 6.42 Å². The zero-order valence-electron chi connectivity index (χ0n) is 13.9. The lowest BCUT2D eigenvalue weighted by Gasteiger charge is -2.16. The van der Waals surface area contributed by atoms with Crippen LogP contribution in [0.3, 0.4) is 0 Å². The minimum atomic E-state index is -0.459. The number of amides is 3. The molecule has 1 unspecified atom stereocenters. The third kappa shape index (κ3) is 4.29. The SMILES string of the molecule is O=C(CNC(=O)C1CC(=O)N(c2ccccc2)C1)Nc1ccccc1Br. The molecule has 1 aliphatic heterocycles. The van der Waals surface area contributed by atoms with Crippen LogP contribution in [0.4, 0.5) is 11.4 Å². The van der Waals surface area contributed by atoms with Crippen molar-refractivity contribution in [3.05, 3.63) is 59.1 Å². The summed E-state index contributed by atoms with van der Waals surface area (Å²) in [5, 5.41) is 5.33. The highest BCUT2D eigenvalue weighted by atomic mass is 79.9. The molecule has 1 atom stereocenters. The van der Waals surface area contributed by atoms with Crippen LogP contribution in [0.15, 0.2) is 59.1 Å². The lowest BCUT2D eigenvalue weighted by molar-refractivity contribution is -0.127. The number of carbonyl (C=O) groups excluding carboxylic acids is 3. The number of benzene rings is 2. The first-order valence-corrected chi connectivity index (χ1v) is 9.01. The normalized spacial score (nSPS) is 16.4. The van der Waals surface area contributed by atoms with Gasteiger partial charge in [0.1, 0.15) is 0 Å². The number of halogens is 1. The molecule has 134 valence electrons. The number of hydrogen-bond donors (Lipinski definition) is 2. The van der Waals surface area contributed by atoms with Crippen LogP contribution in [0, 0.1) is 5.92 Å². The van der Waals surface area contributed by atoms with Crippen molar-refractivity contribution in [2.75, 3.05) is 23.3 Å². The van der Waals surface area contributed by atoms with Crippen molar-refractivity contribution in [3.63, 3.8) is 0 Å². The molecule has 2 aromatic rings. The maximum absolute atomic E-state index is 12.3. The first-order valence-electron chi connectivity index (χ1n) is 8.22. The Balaban J connectivity index is 1.52. The highest BCUT2D eigenvalue weighted by molar-refractivity contribution is 9.10. The Bertz CT molecular complexity index is 826. The van der Waals surface area contributed by atoms with Gasteiger partial charge in [0, 0.05) is 23.1 Å². The molecule has 0 bridgehead atoms. The first-order chi connectivity index (χ1) is 12.5. The van der Waals surface area contributed by atoms with E-state index in [0.717, 1.165) is 10.2 Å². The number of anilines is 2. The van der Waals surface area contributed by atoms with E-state index in [-0.39, 0.29) is 30.7 Å². The van der Waals surface area contributed by atoms with Crippen molar-refractivity contribution in [1.82, 2.24) is 5.32 Å². The molecular weight excluding hydrogens is 398 g/mol. The predicted octanol–water partition coefficient (Wildman–Crippen LogP) is 2.56. The van der Waals surface area contributed by atoms with E-state index >= 15 is 0 Å². The summed E-state index contributed by atoms with van der Waals surface area (Å²) in [5.74, 6) is -1.17. The van der Waals surface area contributed by atoms with Gasteiger partial charge in [-0.3, -0.25) is 14.4 Å². The summed E-state index contributed by atoms with van der Waals surface area (Å²) < 4.78 is 0.763.